The van der Waals surface area contributed by atoms with E-state index in [1.807, 2.05) is 34.6 Å². The molecule has 0 spiro atoms. The van der Waals surface area contributed by atoms with Gasteiger partial charge in [0.15, 0.2) is 0 Å². The molecule has 0 aromatic carbocycles. The Morgan fingerprint density at radius 3 is 1.38 bits per heavy atom. The average Bonchev–Trinajstić information content (AvgIpc) is 2.95. The van der Waals surface area contributed by atoms with E-state index < -0.39 is 0 Å². The van der Waals surface area contributed by atoms with Crippen molar-refractivity contribution in [3.63, 3.8) is 0 Å². The van der Waals surface area contributed by atoms with Crippen LogP contribution in [0.2, 0.25) is 0 Å². The van der Waals surface area contributed by atoms with Gasteiger partial charge < -0.3 is 21.3 Å². The quantitative estimate of drug-likeness (QED) is 0.0983. The van der Waals surface area contributed by atoms with E-state index >= 15 is 0 Å². The topological polar surface area (TPSA) is 123 Å². The highest BCUT2D eigenvalue weighted by atomic mass is 16.2. The van der Waals surface area contributed by atoms with Gasteiger partial charge in [-0.1, -0.05) is 89.0 Å². The Labute approximate surface area is 288 Å². The van der Waals surface area contributed by atoms with Crippen molar-refractivity contribution < 1.29 is 19.2 Å². The molecule has 276 valence electrons. The summed E-state index contributed by atoms with van der Waals surface area (Å²) in [4.78, 5) is 55.2. The third-order valence-electron chi connectivity index (χ3n) is 8.36. The Bertz CT molecular complexity index is 851. The molecule has 0 aromatic heterocycles. The monoisotopic (exact) mass is 667 g/mol. The van der Waals surface area contributed by atoms with Gasteiger partial charge >= 0.3 is 0 Å². The van der Waals surface area contributed by atoms with Gasteiger partial charge in [-0.05, 0) is 36.5 Å². The molecule has 0 aliphatic rings. The Hall–Kier alpha value is -2.20. The fourth-order valence-corrected chi connectivity index (χ4v) is 6.10. The standard InChI is InChI=1S/C37H74N6O4/c1-12-15-31(42(20-17-39-34(45)23-27(4)5)21-18-40-35(46)24-28(6)7)26-43(22-19-38-33(44)14-3)32(16-13-2)37(30(10)11)41-36(47)25-29(8)9/h27-32,37H,12-26H2,1-11H3,(H,38,44)(H,39,45)(H,40,46)(H,41,47). The van der Waals surface area contributed by atoms with E-state index in [-0.39, 0.29) is 53.6 Å². The number of nitrogens with one attached hydrogen (secondary N) is 4. The first-order valence-corrected chi connectivity index (χ1v) is 18.7. The van der Waals surface area contributed by atoms with Gasteiger partial charge in [-0.15, -0.1) is 0 Å². The van der Waals surface area contributed by atoms with Gasteiger partial charge in [0.2, 0.25) is 23.6 Å². The van der Waals surface area contributed by atoms with Crippen LogP contribution >= 0.6 is 0 Å². The molecule has 3 unspecified atom stereocenters. The van der Waals surface area contributed by atoms with Crippen LogP contribution in [0.4, 0.5) is 0 Å². The van der Waals surface area contributed by atoms with Crippen molar-refractivity contribution in [1.82, 2.24) is 31.1 Å². The summed E-state index contributed by atoms with van der Waals surface area (Å²) in [7, 11) is 0. The molecule has 4 amide bonds. The summed E-state index contributed by atoms with van der Waals surface area (Å²) in [5, 5.41) is 12.7. The van der Waals surface area contributed by atoms with E-state index in [4.69, 9.17) is 0 Å². The van der Waals surface area contributed by atoms with Crippen LogP contribution in [0.3, 0.4) is 0 Å². The maximum absolute atomic E-state index is 13.1. The molecule has 0 radical (unpaired) electrons. The predicted octanol–water partition coefficient (Wildman–Crippen LogP) is 4.97. The summed E-state index contributed by atoms with van der Waals surface area (Å²) >= 11 is 0. The molecule has 0 fully saturated rings. The van der Waals surface area contributed by atoms with E-state index in [1.54, 1.807) is 0 Å². The van der Waals surface area contributed by atoms with Crippen molar-refractivity contribution in [2.75, 3.05) is 45.8 Å². The highest BCUT2D eigenvalue weighted by molar-refractivity contribution is 5.77. The van der Waals surface area contributed by atoms with Gasteiger partial charge in [-0.2, -0.15) is 0 Å². The summed E-state index contributed by atoms with van der Waals surface area (Å²) in [5.41, 5.74) is 0. The highest BCUT2D eigenvalue weighted by Gasteiger charge is 2.33. The molecule has 0 heterocycles. The smallest absolute Gasteiger partial charge is 0.220 e. The van der Waals surface area contributed by atoms with Crippen molar-refractivity contribution in [2.24, 2.45) is 23.7 Å². The number of hydrogen-bond acceptors (Lipinski definition) is 6. The van der Waals surface area contributed by atoms with E-state index in [9.17, 15) is 19.2 Å². The van der Waals surface area contributed by atoms with Gasteiger partial charge in [-0.3, -0.25) is 29.0 Å². The molecule has 0 aromatic rings. The Balaban J connectivity index is 6.39. The second kappa shape index (κ2) is 25.8. The van der Waals surface area contributed by atoms with Crippen molar-refractivity contribution in [1.29, 1.82) is 0 Å². The molecule has 0 rings (SSSR count). The van der Waals surface area contributed by atoms with Gasteiger partial charge in [0.1, 0.15) is 0 Å². The minimum absolute atomic E-state index is 0.0312. The van der Waals surface area contributed by atoms with Gasteiger partial charge in [0, 0.05) is 89.6 Å². The molecule has 0 bridgehead atoms. The first-order valence-electron chi connectivity index (χ1n) is 18.7. The summed E-state index contributed by atoms with van der Waals surface area (Å²) in [6.07, 6.45) is 5.75. The van der Waals surface area contributed by atoms with Crippen molar-refractivity contribution in [2.45, 2.75) is 146 Å². The summed E-state index contributed by atoms with van der Waals surface area (Å²) in [6.45, 7) is 27.3. The zero-order valence-corrected chi connectivity index (χ0v) is 32.2. The molecule has 10 heteroatoms. The largest absolute Gasteiger partial charge is 0.355 e. The molecule has 0 saturated carbocycles. The summed E-state index contributed by atoms with van der Waals surface area (Å²) < 4.78 is 0. The number of nitrogens with zero attached hydrogens (tertiary/aromatic N) is 2. The molecule has 10 nitrogen and oxygen atoms in total. The Morgan fingerprint density at radius 1 is 0.553 bits per heavy atom. The molecule has 0 aliphatic carbocycles. The molecule has 0 aliphatic heterocycles. The molecule has 3 atom stereocenters. The average molecular weight is 667 g/mol. The Morgan fingerprint density at radius 2 is 0.979 bits per heavy atom. The lowest BCUT2D eigenvalue weighted by Gasteiger charge is -2.43. The van der Waals surface area contributed by atoms with Crippen LogP contribution in [-0.4, -0.2) is 97.4 Å². The minimum Gasteiger partial charge on any atom is -0.355 e. The number of amides is 4. The maximum Gasteiger partial charge on any atom is 0.220 e. The van der Waals surface area contributed by atoms with Crippen LogP contribution in [0.25, 0.3) is 0 Å². The predicted molar refractivity (Wildman–Crippen MR) is 195 cm³/mol. The van der Waals surface area contributed by atoms with Crippen LogP contribution in [0.15, 0.2) is 0 Å². The summed E-state index contributed by atoms with van der Waals surface area (Å²) in [5.74, 6) is 1.32. The van der Waals surface area contributed by atoms with Gasteiger partial charge in [0.25, 0.3) is 0 Å². The second-order valence-corrected chi connectivity index (χ2v) is 14.9. The lowest BCUT2D eigenvalue weighted by molar-refractivity contribution is -0.124. The second-order valence-electron chi connectivity index (χ2n) is 14.9. The maximum atomic E-state index is 13.1. The van der Waals surface area contributed by atoms with E-state index in [1.165, 1.54) is 0 Å². The molecular formula is C37H74N6O4. The van der Waals surface area contributed by atoms with Crippen LogP contribution in [0, 0.1) is 23.7 Å². The normalized spacial score (nSPS) is 13.8. The van der Waals surface area contributed by atoms with E-state index in [2.05, 4.69) is 72.6 Å². The lowest BCUT2D eigenvalue weighted by Crippen LogP contribution is -2.58. The minimum atomic E-state index is -0.0375. The number of carbonyl (C=O) groups excluding carboxylic acids is 4. The zero-order valence-electron chi connectivity index (χ0n) is 32.2. The third kappa shape index (κ3) is 21.4. The number of hydrogen-bond donors (Lipinski definition) is 4. The lowest BCUT2D eigenvalue weighted by atomic mass is 9.90. The first-order chi connectivity index (χ1) is 22.1. The van der Waals surface area contributed by atoms with Crippen molar-refractivity contribution in [3.8, 4) is 0 Å². The van der Waals surface area contributed by atoms with Gasteiger partial charge in [-0.25, -0.2) is 0 Å². The zero-order chi connectivity index (χ0) is 35.9. The van der Waals surface area contributed by atoms with E-state index in [0.29, 0.717) is 76.8 Å². The SMILES string of the molecule is CCCC(CN(CCNC(=O)CC)C(CCC)C(NC(=O)CC(C)C)C(C)C)N(CCNC(=O)CC(C)C)CCNC(=O)CC(C)C. The number of rotatable bonds is 27. The van der Waals surface area contributed by atoms with Crippen molar-refractivity contribution >= 4 is 23.6 Å². The van der Waals surface area contributed by atoms with Crippen molar-refractivity contribution in [3.05, 3.63) is 0 Å². The van der Waals surface area contributed by atoms with Crippen LogP contribution in [0.5, 0.6) is 0 Å². The van der Waals surface area contributed by atoms with Gasteiger partial charge in [0.05, 0.1) is 0 Å². The first kappa shape index (κ1) is 44.8. The Kier molecular flexibility index (Phi) is 24.6. The highest BCUT2D eigenvalue weighted by Crippen LogP contribution is 2.21. The molecule has 0 saturated heterocycles. The fourth-order valence-electron chi connectivity index (χ4n) is 6.10. The third-order valence-corrected chi connectivity index (χ3v) is 8.36. The van der Waals surface area contributed by atoms with Crippen LogP contribution < -0.4 is 21.3 Å². The molecular weight excluding hydrogens is 592 g/mol. The molecule has 4 N–H and O–H groups in total. The fraction of sp³-hybridized carbons (Fsp3) is 0.892. The van der Waals surface area contributed by atoms with Crippen LogP contribution in [-0.2, 0) is 19.2 Å². The van der Waals surface area contributed by atoms with E-state index in [0.717, 1.165) is 32.2 Å². The molecule has 47 heavy (non-hydrogen) atoms. The number of carbonyl (C=O) groups is 4. The van der Waals surface area contributed by atoms with Crippen LogP contribution in [0.1, 0.15) is 128 Å². The summed E-state index contributed by atoms with van der Waals surface area (Å²) in [6, 6.07) is 0.209.